The van der Waals surface area contributed by atoms with Gasteiger partial charge in [-0.1, -0.05) is 32.8 Å². The number of rotatable bonds is 7. The zero-order valence-corrected chi connectivity index (χ0v) is 16.0. The molecule has 1 fully saturated rings. The molecule has 1 amide bonds. The van der Waals surface area contributed by atoms with E-state index in [1.165, 1.54) is 13.5 Å². The number of ether oxygens (including phenoxy) is 3. The first-order valence-electron chi connectivity index (χ1n) is 9.10. The first-order valence-corrected chi connectivity index (χ1v) is 9.10. The van der Waals surface area contributed by atoms with E-state index >= 15 is 0 Å². The van der Waals surface area contributed by atoms with Crippen LogP contribution < -0.4 is 14.8 Å². The number of carbonyl (C=O) groups is 2. The fourth-order valence-electron chi connectivity index (χ4n) is 3.39. The molecule has 6 nitrogen and oxygen atoms in total. The molecule has 0 unspecified atom stereocenters. The van der Waals surface area contributed by atoms with Crippen LogP contribution in [0.1, 0.15) is 38.7 Å². The van der Waals surface area contributed by atoms with Gasteiger partial charge in [-0.2, -0.15) is 0 Å². The number of hydrogen-bond donors (Lipinski definition) is 1. The molecule has 1 aromatic rings. The van der Waals surface area contributed by atoms with Gasteiger partial charge in [0.2, 0.25) is 0 Å². The molecule has 1 saturated carbocycles. The van der Waals surface area contributed by atoms with Crippen molar-refractivity contribution in [3.05, 3.63) is 23.8 Å². The molecule has 1 N–H and O–H groups in total. The largest absolute Gasteiger partial charge is 0.493 e. The van der Waals surface area contributed by atoms with Crippen molar-refractivity contribution >= 4 is 11.9 Å². The van der Waals surface area contributed by atoms with Crippen LogP contribution >= 0.6 is 0 Å². The van der Waals surface area contributed by atoms with Gasteiger partial charge in [0.25, 0.3) is 5.91 Å². The van der Waals surface area contributed by atoms with Crippen LogP contribution in [0.3, 0.4) is 0 Å². The third-order valence-electron chi connectivity index (χ3n) is 5.21. The summed E-state index contributed by atoms with van der Waals surface area (Å²) in [6, 6.07) is 5.40. The molecule has 1 aromatic carbocycles. The smallest absolute Gasteiger partial charge is 0.310 e. The van der Waals surface area contributed by atoms with Crippen LogP contribution in [0, 0.1) is 11.8 Å². The van der Waals surface area contributed by atoms with E-state index in [9.17, 15) is 9.59 Å². The topological polar surface area (TPSA) is 73.9 Å². The first kappa shape index (κ1) is 20.1. The monoisotopic (exact) mass is 363 g/mol. The van der Waals surface area contributed by atoms with E-state index in [4.69, 9.17) is 14.2 Å². The van der Waals surface area contributed by atoms with E-state index in [2.05, 4.69) is 19.2 Å². The minimum atomic E-state index is -0.447. The van der Waals surface area contributed by atoms with Crippen molar-refractivity contribution < 1.29 is 23.8 Å². The molecule has 1 aliphatic rings. The molecule has 6 heteroatoms. The number of carbonyl (C=O) groups excluding carboxylic acids is 2. The van der Waals surface area contributed by atoms with Crippen molar-refractivity contribution in [3.63, 3.8) is 0 Å². The summed E-state index contributed by atoms with van der Waals surface area (Å²) in [5, 5.41) is 3.00. The predicted molar refractivity (Wildman–Crippen MR) is 98.3 cm³/mol. The molecule has 2 rings (SSSR count). The lowest BCUT2D eigenvalue weighted by Crippen LogP contribution is -2.45. The second-order valence-electron chi connectivity index (χ2n) is 6.97. The summed E-state index contributed by atoms with van der Waals surface area (Å²) in [5.74, 6) is 1.50. The molecule has 0 bridgehead atoms. The average molecular weight is 363 g/mol. The molecule has 3 atom stereocenters. The van der Waals surface area contributed by atoms with Crippen LogP contribution in [0.5, 0.6) is 11.5 Å². The summed E-state index contributed by atoms with van der Waals surface area (Å²) in [7, 11) is 3.09. The normalized spacial score (nSPS) is 22.4. The minimum Gasteiger partial charge on any atom is -0.493 e. The first-order chi connectivity index (χ1) is 12.4. The van der Waals surface area contributed by atoms with Gasteiger partial charge in [0.15, 0.2) is 18.1 Å². The highest BCUT2D eigenvalue weighted by Crippen LogP contribution is 2.29. The second-order valence-corrected chi connectivity index (χ2v) is 6.97. The van der Waals surface area contributed by atoms with E-state index in [1.54, 1.807) is 25.3 Å². The predicted octanol–water partition coefficient (Wildman–Crippen LogP) is 2.73. The van der Waals surface area contributed by atoms with Gasteiger partial charge in [-0.3, -0.25) is 9.59 Å². The molecule has 0 saturated heterocycles. The lowest BCUT2D eigenvalue weighted by atomic mass is 9.78. The fourth-order valence-corrected chi connectivity index (χ4v) is 3.39. The van der Waals surface area contributed by atoms with Gasteiger partial charge in [0.1, 0.15) is 0 Å². The van der Waals surface area contributed by atoms with Crippen molar-refractivity contribution in [1.29, 1.82) is 0 Å². The van der Waals surface area contributed by atoms with Crippen LogP contribution in [0.4, 0.5) is 0 Å². The van der Waals surface area contributed by atoms with Crippen LogP contribution in [-0.4, -0.2) is 38.7 Å². The maximum atomic E-state index is 12.1. The molecule has 0 aliphatic heterocycles. The zero-order valence-electron chi connectivity index (χ0n) is 16.0. The average Bonchev–Trinajstić information content (AvgIpc) is 2.63. The van der Waals surface area contributed by atoms with Crippen molar-refractivity contribution in [2.24, 2.45) is 11.8 Å². The Labute approximate surface area is 155 Å². The van der Waals surface area contributed by atoms with E-state index in [-0.39, 0.29) is 25.0 Å². The summed E-state index contributed by atoms with van der Waals surface area (Å²) in [6.07, 6.45) is 3.38. The van der Waals surface area contributed by atoms with Crippen molar-refractivity contribution in [1.82, 2.24) is 5.32 Å². The minimum absolute atomic E-state index is 0.0739. The van der Waals surface area contributed by atoms with Crippen LogP contribution in [0.25, 0.3) is 0 Å². The second kappa shape index (κ2) is 9.46. The summed E-state index contributed by atoms with van der Waals surface area (Å²) in [4.78, 5) is 24.1. The van der Waals surface area contributed by atoms with E-state index in [0.717, 1.165) is 18.4 Å². The summed E-state index contributed by atoms with van der Waals surface area (Å²) >= 11 is 0. The van der Waals surface area contributed by atoms with Gasteiger partial charge in [0, 0.05) is 6.04 Å². The number of benzene rings is 1. The number of methoxy groups -OCH3 is 2. The molecule has 1 aliphatic carbocycles. The summed E-state index contributed by atoms with van der Waals surface area (Å²) in [5.41, 5.74) is 0.739. The van der Waals surface area contributed by atoms with Crippen LogP contribution in [-0.2, 0) is 20.7 Å². The van der Waals surface area contributed by atoms with Gasteiger partial charge in [-0.25, -0.2) is 0 Å². The van der Waals surface area contributed by atoms with Gasteiger partial charge in [-0.15, -0.1) is 0 Å². The molecule has 26 heavy (non-hydrogen) atoms. The van der Waals surface area contributed by atoms with Gasteiger partial charge in [0.05, 0.1) is 20.6 Å². The Bertz CT molecular complexity index is 631. The van der Waals surface area contributed by atoms with Crippen molar-refractivity contribution in [2.75, 3.05) is 20.8 Å². The molecule has 0 aromatic heterocycles. The number of amides is 1. The maximum absolute atomic E-state index is 12.1. The Balaban J connectivity index is 1.80. The molecule has 0 radical (unpaired) electrons. The Kier molecular flexibility index (Phi) is 7.30. The third-order valence-corrected chi connectivity index (χ3v) is 5.21. The van der Waals surface area contributed by atoms with Gasteiger partial charge >= 0.3 is 5.97 Å². The van der Waals surface area contributed by atoms with Gasteiger partial charge in [-0.05, 0) is 36.0 Å². The third kappa shape index (κ3) is 5.38. The summed E-state index contributed by atoms with van der Waals surface area (Å²) < 4.78 is 15.5. The Morgan fingerprint density at radius 2 is 1.85 bits per heavy atom. The lowest BCUT2D eigenvalue weighted by Gasteiger charge is -2.34. The Morgan fingerprint density at radius 1 is 1.12 bits per heavy atom. The number of esters is 1. The molecule has 0 spiro atoms. The Hall–Kier alpha value is -2.24. The van der Waals surface area contributed by atoms with Crippen molar-refractivity contribution in [2.45, 2.75) is 45.6 Å². The summed E-state index contributed by atoms with van der Waals surface area (Å²) in [6.45, 7) is 4.13. The number of hydrogen-bond acceptors (Lipinski definition) is 5. The highest BCUT2D eigenvalue weighted by atomic mass is 16.5. The van der Waals surface area contributed by atoms with E-state index < -0.39 is 5.97 Å². The maximum Gasteiger partial charge on any atom is 0.310 e. The quantitative estimate of drug-likeness (QED) is 0.754. The Morgan fingerprint density at radius 3 is 2.54 bits per heavy atom. The number of nitrogens with one attached hydrogen (secondary N) is 1. The van der Waals surface area contributed by atoms with Gasteiger partial charge < -0.3 is 19.5 Å². The fraction of sp³-hybridized carbons (Fsp3) is 0.600. The van der Waals surface area contributed by atoms with E-state index in [0.29, 0.717) is 23.3 Å². The standard InChI is InChI=1S/C20H29NO5/c1-13-6-5-7-16(14(13)2)21-19(22)12-26-20(23)11-15-8-9-17(24-3)18(10-15)25-4/h8-10,13-14,16H,5-7,11-12H2,1-4H3,(H,21,22)/t13-,14-,16+/m1/s1. The zero-order chi connectivity index (χ0) is 19.1. The highest BCUT2D eigenvalue weighted by molar-refractivity contribution is 5.81. The SMILES string of the molecule is COc1ccc(CC(=O)OCC(=O)N[C@H]2CCC[C@@H](C)[C@H]2C)cc1OC. The molecule has 0 heterocycles. The molecular weight excluding hydrogens is 334 g/mol. The van der Waals surface area contributed by atoms with Crippen LogP contribution in [0.2, 0.25) is 0 Å². The highest BCUT2D eigenvalue weighted by Gasteiger charge is 2.28. The van der Waals surface area contributed by atoms with E-state index in [1.807, 2.05) is 0 Å². The molecule has 144 valence electrons. The van der Waals surface area contributed by atoms with Crippen LogP contribution in [0.15, 0.2) is 18.2 Å². The van der Waals surface area contributed by atoms with Crippen molar-refractivity contribution in [3.8, 4) is 11.5 Å². The molecular formula is C20H29NO5. The lowest BCUT2D eigenvalue weighted by molar-refractivity contribution is -0.148.